The summed E-state index contributed by atoms with van der Waals surface area (Å²) >= 11 is 0. The number of anilines is 1. The van der Waals surface area contributed by atoms with Crippen LogP contribution in [0.3, 0.4) is 0 Å². The number of nitrogens with zero attached hydrogens (tertiary/aromatic N) is 2. The number of alkyl halides is 2. The van der Waals surface area contributed by atoms with Gasteiger partial charge in [-0.05, 0) is 42.0 Å². The second-order valence-corrected chi connectivity index (χ2v) is 6.91. The SMILES string of the molecule is O=C(CN1CCN(C(=O)Cc2ccc(F)cc2)CC1)Nc1ccc(OC(F)F)cc1. The Balaban J connectivity index is 1.41. The van der Waals surface area contributed by atoms with E-state index in [0.717, 1.165) is 5.56 Å². The van der Waals surface area contributed by atoms with Gasteiger partial charge in [0.25, 0.3) is 0 Å². The molecule has 2 aromatic rings. The Labute approximate surface area is 172 Å². The van der Waals surface area contributed by atoms with Crippen molar-refractivity contribution in [2.45, 2.75) is 13.0 Å². The minimum atomic E-state index is -2.90. The van der Waals surface area contributed by atoms with Crippen molar-refractivity contribution in [1.82, 2.24) is 9.80 Å². The predicted octanol–water partition coefficient (Wildman–Crippen LogP) is 2.75. The van der Waals surface area contributed by atoms with Crippen molar-refractivity contribution < 1.29 is 27.5 Å². The summed E-state index contributed by atoms with van der Waals surface area (Å²) < 4.78 is 41.5. The summed E-state index contributed by atoms with van der Waals surface area (Å²) in [6, 6.07) is 11.5. The van der Waals surface area contributed by atoms with Crippen molar-refractivity contribution in [3.63, 3.8) is 0 Å². The maximum Gasteiger partial charge on any atom is 0.387 e. The third-order valence-electron chi connectivity index (χ3n) is 4.72. The van der Waals surface area contributed by atoms with Gasteiger partial charge >= 0.3 is 6.61 Å². The highest BCUT2D eigenvalue weighted by atomic mass is 19.3. The smallest absolute Gasteiger partial charge is 0.387 e. The molecule has 2 aromatic carbocycles. The van der Waals surface area contributed by atoms with E-state index in [9.17, 15) is 22.8 Å². The molecule has 9 heteroatoms. The Kier molecular flexibility index (Phi) is 7.29. The number of benzene rings is 2. The van der Waals surface area contributed by atoms with Gasteiger partial charge in [-0.3, -0.25) is 14.5 Å². The third-order valence-corrected chi connectivity index (χ3v) is 4.72. The molecule has 0 aromatic heterocycles. The molecule has 0 radical (unpaired) electrons. The highest BCUT2D eigenvalue weighted by Gasteiger charge is 2.22. The van der Waals surface area contributed by atoms with E-state index >= 15 is 0 Å². The Morgan fingerprint density at radius 3 is 2.20 bits per heavy atom. The van der Waals surface area contributed by atoms with Crippen LogP contribution < -0.4 is 10.1 Å². The molecule has 1 aliphatic heterocycles. The molecule has 0 saturated carbocycles. The fourth-order valence-electron chi connectivity index (χ4n) is 3.17. The molecule has 0 spiro atoms. The zero-order chi connectivity index (χ0) is 21.5. The monoisotopic (exact) mass is 421 g/mol. The lowest BCUT2D eigenvalue weighted by Crippen LogP contribution is -2.50. The minimum absolute atomic E-state index is 0.0180. The highest BCUT2D eigenvalue weighted by molar-refractivity contribution is 5.92. The molecule has 1 N–H and O–H groups in total. The molecular weight excluding hydrogens is 399 g/mol. The second kappa shape index (κ2) is 10.1. The van der Waals surface area contributed by atoms with Crippen molar-refractivity contribution in [2.75, 3.05) is 38.0 Å². The quantitative estimate of drug-likeness (QED) is 0.747. The maximum absolute atomic E-state index is 13.0. The van der Waals surface area contributed by atoms with E-state index < -0.39 is 6.61 Å². The van der Waals surface area contributed by atoms with Gasteiger partial charge in [0.1, 0.15) is 11.6 Å². The number of amides is 2. The average molecular weight is 421 g/mol. The molecule has 30 heavy (non-hydrogen) atoms. The van der Waals surface area contributed by atoms with Crippen molar-refractivity contribution in [2.24, 2.45) is 0 Å². The molecule has 1 heterocycles. The van der Waals surface area contributed by atoms with Gasteiger partial charge in [-0.1, -0.05) is 12.1 Å². The van der Waals surface area contributed by atoms with Gasteiger partial charge in [0.15, 0.2) is 0 Å². The first-order valence-electron chi connectivity index (χ1n) is 9.48. The summed E-state index contributed by atoms with van der Waals surface area (Å²) in [6.45, 7) is -0.602. The summed E-state index contributed by atoms with van der Waals surface area (Å²) in [6.07, 6.45) is 0.214. The Bertz CT molecular complexity index is 852. The minimum Gasteiger partial charge on any atom is -0.435 e. The van der Waals surface area contributed by atoms with E-state index in [-0.39, 0.29) is 36.3 Å². The zero-order valence-corrected chi connectivity index (χ0v) is 16.2. The van der Waals surface area contributed by atoms with Gasteiger partial charge in [0, 0.05) is 31.9 Å². The lowest BCUT2D eigenvalue weighted by atomic mass is 10.1. The zero-order valence-electron chi connectivity index (χ0n) is 16.2. The summed E-state index contributed by atoms with van der Waals surface area (Å²) in [5, 5.41) is 2.71. The van der Waals surface area contributed by atoms with E-state index in [1.165, 1.54) is 36.4 Å². The molecule has 1 aliphatic rings. The van der Waals surface area contributed by atoms with Crippen LogP contribution in [0.2, 0.25) is 0 Å². The third kappa shape index (κ3) is 6.48. The Morgan fingerprint density at radius 2 is 1.60 bits per heavy atom. The van der Waals surface area contributed by atoms with Gasteiger partial charge < -0.3 is 15.0 Å². The van der Waals surface area contributed by atoms with Crippen LogP contribution in [0.4, 0.5) is 18.9 Å². The van der Waals surface area contributed by atoms with Gasteiger partial charge in [-0.25, -0.2) is 4.39 Å². The van der Waals surface area contributed by atoms with Crippen molar-refractivity contribution >= 4 is 17.5 Å². The first-order valence-corrected chi connectivity index (χ1v) is 9.48. The molecule has 0 atom stereocenters. The average Bonchev–Trinajstić information content (AvgIpc) is 2.71. The number of halogens is 3. The largest absolute Gasteiger partial charge is 0.435 e. The Hall–Kier alpha value is -3.07. The number of carbonyl (C=O) groups excluding carboxylic acids is 2. The van der Waals surface area contributed by atoms with E-state index in [1.807, 2.05) is 4.90 Å². The van der Waals surface area contributed by atoms with Crippen molar-refractivity contribution in [1.29, 1.82) is 0 Å². The molecule has 160 valence electrons. The highest BCUT2D eigenvalue weighted by Crippen LogP contribution is 2.17. The number of hydrogen-bond acceptors (Lipinski definition) is 4. The summed E-state index contributed by atoms with van der Waals surface area (Å²) in [5.74, 6) is -0.583. The molecule has 2 amide bonds. The number of ether oxygens (including phenoxy) is 1. The fraction of sp³-hybridized carbons (Fsp3) is 0.333. The lowest BCUT2D eigenvalue weighted by Gasteiger charge is -2.34. The van der Waals surface area contributed by atoms with Crippen LogP contribution in [0.15, 0.2) is 48.5 Å². The molecule has 0 aliphatic carbocycles. The fourth-order valence-corrected chi connectivity index (χ4v) is 3.17. The summed E-state index contributed by atoms with van der Waals surface area (Å²) in [4.78, 5) is 28.3. The van der Waals surface area contributed by atoms with Crippen LogP contribution in [-0.4, -0.2) is 60.9 Å². The van der Waals surface area contributed by atoms with Gasteiger partial charge in [-0.15, -0.1) is 0 Å². The summed E-state index contributed by atoms with van der Waals surface area (Å²) in [7, 11) is 0. The molecular formula is C21H22F3N3O3. The number of carbonyl (C=O) groups is 2. The topological polar surface area (TPSA) is 61.9 Å². The Morgan fingerprint density at radius 1 is 0.967 bits per heavy atom. The van der Waals surface area contributed by atoms with Crippen molar-refractivity contribution in [3.05, 3.63) is 59.9 Å². The maximum atomic E-state index is 13.0. The first kappa shape index (κ1) is 21.6. The van der Waals surface area contributed by atoms with Crippen LogP contribution >= 0.6 is 0 Å². The van der Waals surface area contributed by atoms with Crippen LogP contribution in [0.25, 0.3) is 0 Å². The number of rotatable bonds is 7. The van der Waals surface area contributed by atoms with Crippen LogP contribution in [-0.2, 0) is 16.0 Å². The van der Waals surface area contributed by atoms with Gasteiger partial charge in [0.05, 0.1) is 13.0 Å². The van der Waals surface area contributed by atoms with E-state index in [4.69, 9.17) is 0 Å². The molecule has 1 fully saturated rings. The first-order chi connectivity index (χ1) is 14.4. The molecule has 0 bridgehead atoms. The number of piperazine rings is 1. The van der Waals surface area contributed by atoms with E-state index in [0.29, 0.717) is 31.9 Å². The molecule has 6 nitrogen and oxygen atoms in total. The van der Waals surface area contributed by atoms with Crippen molar-refractivity contribution in [3.8, 4) is 5.75 Å². The molecule has 3 rings (SSSR count). The van der Waals surface area contributed by atoms with Crippen LogP contribution in [0.5, 0.6) is 5.75 Å². The van der Waals surface area contributed by atoms with Crippen LogP contribution in [0.1, 0.15) is 5.56 Å². The summed E-state index contributed by atoms with van der Waals surface area (Å²) in [5.41, 5.74) is 1.24. The molecule has 0 unspecified atom stereocenters. The normalized spacial score (nSPS) is 14.6. The van der Waals surface area contributed by atoms with Gasteiger partial charge in [-0.2, -0.15) is 8.78 Å². The van der Waals surface area contributed by atoms with Crippen LogP contribution in [0, 0.1) is 5.82 Å². The van der Waals surface area contributed by atoms with E-state index in [1.54, 1.807) is 17.0 Å². The predicted molar refractivity (Wildman–Crippen MR) is 105 cm³/mol. The number of nitrogens with one attached hydrogen (secondary N) is 1. The second-order valence-electron chi connectivity index (χ2n) is 6.91. The standard InChI is InChI=1S/C21H22F3N3O3/c22-16-3-1-15(2-4-16)13-20(29)27-11-9-26(10-12-27)14-19(28)25-17-5-7-18(8-6-17)30-21(23)24/h1-8,21H,9-14H2,(H,25,28). The van der Waals surface area contributed by atoms with E-state index in [2.05, 4.69) is 10.1 Å². The van der Waals surface area contributed by atoms with Gasteiger partial charge in [0.2, 0.25) is 11.8 Å². The molecule has 1 saturated heterocycles. The lowest BCUT2D eigenvalue weighted by molar-refractivity contribution is -0.132. The number of hydrogen-bond donors (Lipinski definition) is 1.